The van der Waals surface area contributed by atoms with Crippen LogP contribution in [0.3, 0.4) is 0 Å². The second kappa shape index (κ2) is 7.41. The predicted octanol–water partition coefficient (Wildman–Crippen LogP) is 4.12. The van der Waals surface area contributed by atoms with Gasteiger partial charge in [0.2, 0.25) is 0 Å². The molecule has 2 N–H and O–H groups in total. The normalized spacial score (nSPS) is 10.4. The Morgan fingerprint density at radius 2 is 1.83 bits per heavy atom. The van der Waals surface area contributed by atoms with Crippen molar-refractivity contribution in [1.29, 1.82) is 0 Å². The van der Waals surface area contributed by atoms with Crippen LogP contribution < -0.4 is 5.32 Å². The number of benzene rings is 1. The summed E-state index contributed by atoms with van der Waals surface area (Å²) in [4.78, 5) is 10.3. The van der Waals surface area contributed by atoms with Gasteiger partial charge in [-0.2, -0.15) is 0 Å². The molecule has 0 unspecified atom stereocenters. The van der Waals surface area contributed by atoms with Crippen molar-refractivity contribution >= 4 is 27.6 Å². The fourth-order valence-electron chi connectivity index (χ4n) is 1.86. The number of carbonyl (C=O) groups is 1. The van der Waals surface area contributed by atoms with Crippen LogP contribution in [-0.2, 0) is 4.79 Å². The third-order valence-electron chi connectivity index (χ3n) is 2.83. The summed E-state index contributed by atoms with van der Waals surface area (Å²) in [6, 6.07) is 4.24. The lowest BCUT2D eigenvalue weighted by Gasteiger charge is -2.10. The zero-order valence-electron chi connectivity index (χ0n) is 10.9. The minimum atomic E-state index is -0.706. The Kier molecular flexibility index (Phi) is 6.19. The van der Waals surface area contributed by atoms with Crippen molar-refractivity contribution in [2.45, 2.75) is 39.5 Å². The Bertz CT molecular complexity index is 395. The molecule has 0 heterocycles. The summed E-state index contributed by atoms with van der Waals surface area (Å²) in [6.45, 7) is 5.05. The van der Waals surface area contributed by atoms with Crippen LogP contribution in [0.4, 0.5) is 5.69 Å². The fraction of sp³-hybridized carbons (Fsp3) is 0.500. The van der Waals surface area contributed by atoms with Crippen LogP contribution in [0.5, 0.6) is 0 Å². The number of aliphatic carboxylic acids is 1. The van der Waals surface area contributed by atoms with Gasteiger partial charge in [-0.3, -0.25) is 4.79 Å². The second-order valence-electron chi connectivity index (χ2n) is 4.56. The molecule has 1 aromatic carbocycles. The number of hydrogen-bond donors (Lipinski definition) is 2. The van der Waals surface area contributed by atoms with E-state index in [-0.39, 0.29) is 6.42 Å². The maximum absolute atomic E-state index is 10.3. The molecule has 0 atom stereocenters. The van der Waals surface area contributed by atoms with Crippen molar-refractivity contribution < 1.29 is 9.90 Å². The van der Waals surface area contributed by atoms with Crippen molar-refractivity contribution in [1.82, 2.24) is 0 Å². The van der Waals surface area contributed by atoms with Crippen LogP contribution in [-0.4, -0.2) is 17.6 Å². The van der Waals surface area contributed by atoms with Crippen molar-refractivity contribution in [3.05, 3.63) is 27.7 Å². The third kappa shape index (κ3) is 5.08. The van der Waals surface area contributed by atoms with Gasteiger partial charge in [-0.15, -0.1) is 0 Å². The van der Waals surface area contributed by atoms with E-state index in [0.29, 0.717) is 0 Å². The molecule has 0 aliphatic heterocycles. The first-order valence-corrected chi connectivity index (χ1v) is 7.02. The molecule has 1 aromatic rings. The third-order valence-corrected chi connectivity index (χ3v) is 4.08. The molecule has 0 bridgehead atoms. The molecule has 0 aromatic heterocycles. The Hall–Kier alpha value is -1.03. The van der Waals surface area contributed by atoms with Gasteiger partial charge in [0.05, 0.1) is 0 Å². The molecule has 100 valence electrons. The van der Waals surface area contributed by atoms with Crippen molar-refractivity contribution in [2.24, 2.45) is 0 Å². The lowest BCUT2D eigenvalue weighted by Crippen LogP contribution is -2.03. The Morgan fingerprint density at radius 3 is 2.39 bits per heavy atom. The van der Waals surface area contributed by atoms with E-state index in [1.54, 1.807) is 0 Å². The number of anilines is 1. The summed E-state index contributed by atoms with van der Waals surface area (Å²) in [6.07, 6.45) is 2.99. The highest BCUT2D eigenvalue weighted by atomic mass is 79.9. The molecule has 1 rings (SSSR count). The van der Waals surface area contributed by atoms with Gasteiger partial charge in [0.1, 0.15) is 0 Å². The Labute approximate surface area is 117 Å². The van der Waals surface area contributed by atoms with Gasteiger partial charge >= 0.3 is 5.97 Å². The van der Waals surface area contributed by atoms with Gasteiger partial charge in [0.25, 0.3) is 0 Å². The topological polar surface area (TPSA) is 49.3 Å². The fourth-order valence-corrected chi connectivity index (χ4v) is 2.09. The minimum absolute atomic E-state index is 0.274. The molecule has 0 aliphatic carbocycles. The molecule has 0 fully saturated rings. The van der Waals surface area contributed by atoms with Gasteiger partial charge in [-0.1, -0.05) is 22.4 Å². The molecule has 4 heteroatoms. The molecule has 0 amide bonds. The van der Waals surface area contributed by atoms with E-state index in [1.807, 2.05) is 0 Å². The maximum Gasteiger partial charge on any atom is 0.303 e. The number of nitrogens with one attached hydrogen (secondary N) is 1. The van der Waals surface area contributed by atoms with Crippen LogP contribution in [0.2, 0.25) is 0 Å². The lowest BCUT2D eigenvalue weighted by atomic mass is 10.1. The minimum Gasteiger partial charge on any atom is -0.481 e. The maximum atomic E-state index is 10.3. The first-order chi connectivity index (χ1) is 8.50. The van der Waals surface area contributed by atoms with E-state index >= 15 is 0 Å². The van der Waals surface area contributed by atoms with Gasteiger partial charge < -0.3 is 10.4 Å². The molecular weight excluding hydrogens is 294 g/mol. The van der Waals surface area contributed by atoms with Gasteiger partial charge in [0, 0.05) is 23.1 Å². The average molecular weight is 314 g/mol. The SMILES string of the molecule is Cc1cc(NCCCCCC(=O)O)cc(C)c1Br. The summed E-state index contributed by atoms with van der Waals surface area (Å²) in [5.41, 5.74) is 3.58. The molecule has 0 radical (unpaired) electrons. The predicted molar refractivity (Wildman–Crippen MR) is 78.2 cm³/mol. The zero-order chi connectivity index (χ0) is 13.5. The van der Waals surface area contributed by atoms with Crippen molar-refractivity contribution in [3.63, 3.8) is 0 Å². The Morgan fingerprint density at radius 1 is 1.22 bits per heavy atom. The molecule has 18 heavy (non-hydrogen) atoms. The smallest absolute Gasteiger partial charge is 0.303 e. The number of rotatable bonds is 7. The molecule has 3 nitrogen and oxygen atoms in total. The van der Waals surface area contributed by atoms with Crippen LogP contribution in [0.15, 0.2) is 16.6 Å². The number of unbranched alkanes of at least 4 members (excludes halogenated alkanes) is 2. The highest BCUT2D eigenvalue weighted by Gasteiger charge is 2.02. The van der Waals surface area contributed by atoms with Crippen molar-refractivity contribution in [2.75, 3.05) is 11.9 Å². The number of carboxylic acid groups (broad SMARTS) is 1. The number of aryl methyl sites for hydroxylation is 2. The molecular formula is C14H20BrNO2. The second-order valence-corrected chi connectivity index (χ2v) is 5.35. The summed E-state index contributed by atoms with van der Waals surface area (Å²) < 4.78 is 1.16. The first-order valence-electron chi connectivity index (χ1n) is 6.23. The van der Waals surface area contributed by atoms with E-state index < -0.39 is 5.97 Å². The van der Waals surface area contributed by atoms with E-state index in [2.05, 4.69) is 47.2 Å². The van der Waals surface area contributed by atoms with E-state index in [4.69, 9.17) is 5.11 Å². The van der Waals surface area contributed by atoms with Crippen LogP contribution >= 0.6 is 15.9 Å². The molecule has 0 saturated heterocycles. The summed E-state index contributed by atoms with van der Waals surface area (Å²) in [5.74, 6) is -0.706. The summed E-state index contributed by atoms with van der Waals surface area (Å²) in [5, 5.41) is 11.9. The Balaban J connectivity index is 2.29. The van der Waals surface area contributed by atoms with Gasteiger partial charge in [0.15, 0.2) is 0 Å². The highest BCUT2D eigenvalue weighted by molar-refractivity contribution is 9.10. The highest BCUT2D eigenvalue weighted by Crippen LogP contribution is 2.24. The van der Waals surface area contributed by atoms with Crippen LogP contribution in [0, 0.1) is 13.8 Å². The quantitative estimate of drug-likeness (QED) is 0.744. The first kappa shape index (κ1) is 15.0. The van der Waals surface area contributed by atoms with E-state index in [1.165, 1.54) is 11.1 Å². The summed E-state index contributed by atoms with van der Waals surface area (Å²) >= 11 is 3.55. The molecule has 0 spiro atoms. The average Bonchev–Trinajstić information content (AvgIpc) is 2.30. The standard InChI is InChI=1S/C14H20BrNO2/c1-10-8-12(9-11(2)14(10)15)16-7-5-3-4-6-13(17)18/h8-9,16H,3-7H2,1-2H3,(H,17,18). The van der Waals surface area contributed by atoms with Crippen molar-refractivity contribution in [3.8, 4) is 0 Å². The van der Waals surface area contributed by atoms with Gasteiger partial charge in [-0.05, 0) is 49.9 Å². The van der Waals surface area contributed by atoms with E-state index in [9.17, 15) is 4.79 Å². The van der Waals surface area contributed by atoms with E-state index in [0.717, 1.165) is 36.0 Å². The molecule has 0 aliphatic rings. The monoisotopic (exact) mass is 313 g/mol. The van der Waals surface area contributed by atoms with Gasteiger partial charge in [-0.25, -0.2) is 0 Å². The number of halogens is 1. The molecule has 0 saturated carbocycles. The van der Waals surface area contributed by atoms with Crippen LogP contribution in [0.25, 0.3) is 0 Å². The summed E-state index contributed by atoms with van der Waals surface area (Å²) in [7, 11) is 0. The van der Waals surface area contributed by atoms with Crippen LogP contribution in [0.1, 0.15) is 36.8 Å². The lowest BCUT2D eigenvalue weighted by molar-refractivity contribution is -0.137. The zero-order valence-corrected chi connectivity index (χ0v) is 12.5. The number of carboxylic acids is 1. The largest absolute Gasteiger partial charge is 0.481 e. The number of hydrogen-bond acceptors (Lipinski definition) is 2.